The Morgan fingerprint density at radius 1 is 1.33 bits per heavy atom. The van der Waals surface area contributed by atoms with Gasteiger partial charge in [-0.05, 0) is 49.9 Å². The molecule has 1 saturated carbocycles. The van der Waals surface area contributed by atoms with Gasteiger partial charge in [-0.2, -0.15) is 5.10 Å². The molecular formula is C17H20N2O2. The van der Waals surface area contributed by atoms with Gasteiger partial charge in [0.05, 0.1) is 17.3 Å². The molecule has 1 aromatic heterocycles. The SMILES string of the molecule is Cc1cc(C)n(-c2ccc(COC(=O)C3CC3C)cc2)n1. The van der Waals surface area contributed by atoms with Gasteiger partial charge in [-0.25, -0.2) is 4.68 Å². The van der Waals surface area contributed by atoms with Crippen LogP contribution in [0, 0.1) is 25.7 Å². The summed E-state index contributed by atoms with van der Waals surface area (Å²) in [5.41, 5.74) is 4.13. The molecule has 1 aliphatic carbocycles. The van der Waals surface area contributed by atoms with Crippen LogP contribution in [0.1, 0.15) is 30.3 Å². The number of hydrogen-bond acceptors (Lipinski definition) is 3. The highest BCUT2D eigenvalue weighted by Crippen LogP contribution is 2.38. The van der Waals surface area contributed by atoms with Crippen molar-refractivity contribution in [3.05, 3.63) is 47.3 Å². The number of aromatic nitrogens is 2. The first-order valence-corrected chi connectivity index (χ1v) is 7.34. The van der Waals surface area contributed by atoms with Crippen LogP contribution in [0.5, 0.6) is 0 Å². The number of carbonyl (C=O) groups is 1. The average molecular weight is 284 g/mol. The molecule has 0 N–H and O–H groups in total. The molecule has 21 heavy (non-hydrogen) atoms. The molecule has 0 bridgehead atoms. The van der Waals surface area contributed by atoms with Crippen LogP contribution in [0.2, 0.25) is 0 Å². The Hall–Kier alpha value is -2.10. The van der Waals surface area contributed by atoms with Gasteiger partial charge in [0.2, 0.25) is 0 Å². The van der Waals surface area contributed by atoms with Crippen LogP contribution in [-0.2, 0) is 16.1 Å². The van der Waals surface area contributed by atoms with Crippen molar-refractivity contribution < 1.29 is 9.53 Å². The lowest BCUT2D eigenvalue weighted by Gasteiger charge is -2.07. The molecule has 1 aliphatic rings. The number of carbonyl (C=O) groups excluding carboxylic acids is 1. The van der Waals surface area contributed by atoms with Crippen molar-refractivity contribution >= 4 is 5.97 Å². The lowest BCUT2D eigenvalue weighted by Crippen LogP contribution is -2.07. The second-order valence-corrected chi connectivity index (χ2v) is 5.93. The zero-order valence-electron chi connectivity index (χ0n) is 12.7. The molecule has 3 rings (SSSR count). The summed E-state index contributed by atoms with van der Waals surface area (Å²) < 4.78 is 7.25. The third kappa shape index (κ3) is 2.99. The van der Waals surface area contributed by atoms with Crippen molar-refractivity contribution in [3.63, 3.8) is 0 Å². The van der Waals surface area contributed by atoms with E-state index in [0.717, 1.165) is 29.1 Å². The first-order chi connectivity index (χ1) is 10.0. The van der Waals surface area contributed by atoms with Crippen molar-refractivity contribution in [2.24, 2.45) is 11.8 Å². The topological polar surface area (TPSA) is 44.1 Å². The number of esters is 1. The molecule has 0 radical (unpaired) electrons. The first-order valence-electron chi connectivity index (χ1n) is 7.34. The zero-order chi connectivity index (χ0) is 15.0. The monoisotopic (exact) mass is 284 g/mol. The highest BCUT2D eigenvalue weighted by Gasteiger charge is 2.40. The standard InChI is InChI=1S/C17H20N2O2/c1-11-8-16(11)17(20)21-10-14-4-6-15(7-5-14)19-13(3)9-12(2)18-19/h4-7,9,11,16H,8,10H2,1-3H3. The summed E-state index contributed by atoms with van der Waals surface area (Å²) in [4.78, 5) is 11.7. The average Bonchev–Trinajstić information content (AvgIpc) is 3.10. The minimum Gasteiger partial charge on any atom is -0.461 e. The van der Waals surface area contributed by atoms with Crippen molar-refractivity contribution in [1.29, 1.82) is 0 Å². The van der Waals surface area contributed by atoms with Gasteiger partial charge >= 0.3 is 5.97 Å². The summed E-state index contributed by atoms with van der Waals surface area (Å²) in [6, 6.07) is 10.0. The van der Waals surface area contributed by atoms with Gasteiger partial charge < -0.3 is 4.74 Å². The fourth-order valence-corrected chi connectivity index (χ4v) is 2.54. The van der Waals surface area contributed by atoms with Crippen LogP contribution in [0.4, 0.5) is 0 Å². The minimum absolute atomic E-state index is 0.0647. The van der Waals surface area contributed by atoms with E-state index in [1.165, 1.54) is 0 Å². The Bertz CT molecular complexity index is 658. The maximum atomic E-state index is 11.7. The molecule has 2 aromatic rings. The summed E-state index contributed by atoms with van der Waals surface area (Å²) >= 11 is 0. The van der Waals surface area contributed by atoms with Crippen molar-refractivity contribution in [2.45, 2.75) is 33.8 Å². The molecule has 2 unspecified atom stereocenters. The van der Waals surface area contributed by atoms with E-state index in [9.17, 15) is 4.79 Å². The molecule has 1 fully saturated rings. The van der Waals surface area contributed by atoms with Gasteiger partial charge in [-0.3, -0.25) is 4.79 Å². The fourth-order valence-electron chi connectivity index (χ4n) is 2.54. The van der Waals surface area contributed by atoms with E-state index in [4.69, 9.17) is 4.74 Å². The molecule has 0 amide bonds. The first kappa shape index (κ1) is 13.9. The van der Waals surface area contributed by atoms with E-state index in [1.54, 1.807) is 0 Å². The lowest BCUT2D eigenvalue weighted by molar-refractivity contribution is -0.146. The number of rotatable bonds is 4. The quantitative estimate of drug-likeness (QED) is 0.810. The Morgan fingerprint density at radius 2 is 2.00 bits per heavy atom. The van der Waals surface area contributed by atoms with Gasteiger partial charge in [-0.1, -0.05) is 19.1 Å². The van der Waals surface area contributed by atoms with Gasteiger partial charge in [-0.15, -0.1) is 0 Å². The molecule has 1 heterocycles. The van der Waals surface area contributed by atoms with Crippen LogP contribution in [0.25, 0.3) is 5.69 Å². The van der Waals surface area contributed by atoms with E-state index in [1.807, 2.05) is 48.9 Å². The van der Waals surface area contributed by atoms with E-state index in [0.29, 0.717) is 12.5 Å². The normalized spacial score (nSPS) is 20.3. The summed E-state index contributed by atoms with van der Waals surface area (Å²) in [5.74, 6) is 0.551. The van der Waals surface area contributed by atoms with Crippen LogP contribution in [-0.4, -0.2) is 15.7 Å². The predicted molar refractivity (Wildman–Crippen MR) is 80.1 cm³/mol. The number of ether oxygens (including phenoxy) is 1. The molecule has 0 aliphatic heterocycles. The van der Waals surface area contributed by atoms with E-state index >= 15 is 0 Å². The van der Waals surface area contributed by atoms with Crippen LogP contribution < -0.4 is 0 Å². The third-order valence-electron chi connectivity index (χ3n) is 3.98. The van der Waals surface area contributed by atoms with Crippen LogP contribution >= 0.6 is 0 Å². The summed E-state index contributed by atoms with van der Waals surface area (Å²) in [6.45, 7) is 6.44. The largest absolute Gasteiger partial charge is 0.461 e. The third-order valence-corrected chi connectivity index (χ3v) is 3.98. The maximum absolute atomic E-state index is 11.7. The van der Waals surface area contributed by atoms with Gasteiger partial charge in [0.1, 0.15) is 6.61 Å². The van der Waals surface area contributed by atoms with Crippen molar-refractivity contribution in [2.75, 3.05) is 0 Å². The molecule has 110 valence electrons. The fraction of sp³-hybridized carbons (Fsp3) is 0.412. The Morgan fingerprint density at radius 3 is 2.52 bits per heavy atom. The molecule has 0 spiro atoms. The summed E-state index contributed by atoms with van der Waals surface area (Å²) in [5, 5.41) is 4.46. The molecule has 4 nitrogen and oxygen atoms in total. The van der Waals surface area contributed by atoms with Crippen molar-refractivity contribution in [3.8, 4) is 5.69 Å². The van der Waals surface area contributed by atoms with E-state index in [2.05, 4.69) is 12.0 Å². The predicted octanol–water partition coefficient (Wildman–Crippen LogP) is 3.19. The highest BCUT2D eigenvalue weighted by atomic mass is 16.5. The van der Waals surface area contributed by atoms with Crippen LogP contribution in [0.15, 0.2) is 30.3 Å². The maximum Gasteiger partial charge on any atom is 0.309 e. The Labute approximate surface area is 124 Å². The van der Waals surface area contributed by atoms with Gasteiger partial charge in [0.25, 0.3) is 0 Å². The molecule has 4 heteroatoms. The zero-order valence-corrected chi connectivity index (χ0v) is 12.7. The second kappa shape index (κ2) is 5.35. The van der Waals surface area contributed by atoms with Gasteiger partial charge in [0.15, 0.2) is 0 Å². The molecule has 0 saturated heterocycles. The van der Waals surface area contributed by atoms with Crippen molar-refractivity contribution in [1.82, 2.24) is 9.78 Å². The lowest BCUT2D eigenvalue weighted by atomic mass is 10.2. The molecule has 1 aromatic carbocycles. The minimum atomic E-state index is -0.0647. The molecule has 2 atom stereocenters. The smallest absolute Gasteiger partial charge is 0.309 e. The van der Waals surface area contributed by atoms with Gasteiger partial charge in [0, 0.05) is 5.69 Å². The number of hydrogen-bond donors (Lipinski definition) is 0. The molecular weight excluding hydrogens is 264 g/mol. The summed E-state index contributed by atoms with van der Waals surface area (Å²) in [7, 11) is 0. The second-order valence-electron chi connectivity index (χ2n) is 5.93. The summed E-state index contributed by atoms with van der Waals surface area (Å²) in [6.07, 6.45) is 0.968. The van der Waals surface area contributed by atoms with E-state index < -0.39 is 0 Å². The number of aryl methyl sites for hydroxylation is 2. The Balaban J connectivity index is 1.64. The highest BCUT2D eigenvalue weighted by molar-refractivity contribution is 5.75. The Kier molecular flexibility index (Phi) is 3.53. The number of benzene rings is 1. The van der Waals surface area contributed by atoms with E-state index in [-0.39, 0.29) is 11.9 Å². The number of nitrogens with zero attached hydrogens (tertiary/aromatic N) is 2. The van der Waals surface area contributed by atoms with Crippen LogP contribution in [0.3, 0.4) is 0 Å².